The molecule has 1 aliphatic heterocycles. The number of phenols is 1. The molecule has 0 radical (unpaired) electrons. The summed E-state index contributed by atoms with van der Waals surface area (Å²) in [6, 6.07) is 3.60. The Bertz CT molecular complexity index is 419. The van der Waals surface area contributed by atoms with Crippen molar-refractivity contribution in [2.45, 2.75) is 12.8 Å². The van der Waals surface area contributed by atoms with Crippen molar-refractivity contribution >= 4 is 15.9 Å². The van der Waals surface area contributed by atoms with Crippen molar-refractivity contribution < 1.29 is 14.6 Å². The van der Waals surface area contributed by atoms with Gasteiger partial charge in [-0.2, -0.15) is 0 Å². The molecular formula is C14H20BrNO3. The van der Waals surface area contributed by atoms with Gasteiger partial charge in [-0.25, -0.2) is 0 Å². The van der Waals surface area contributed by atoms with E-state index in [1.807, 2.05) is 6.07 Å². The van der Waals surface area contributed by atoms with Gasteiger partial charge < -0.3 is 14.6 Å². The van der Waals surface area contributed by atoms with E-state index < -0.39 is 0 Å². The maximum Gasteiger partial charge on any atom is 0.161 e. The summed E-state index contributed by atoms with van der Waals surface area (Å²) in [4.78, 5) is 2.42. The van der Waals surface area contributed by atoms with Crippen molar-refractivity contribution in [3.8, 4) is 11.5 Å². The number of aromatic hydroxyl groups is 1. The predicted octanol–water partition coefficient (Wildman–Crippen LogP) is 2.43. The molecule has 1 aromatic carbocycles. The van der Waals surface area contributed by atoms with Crippen LogP contribution in [0.5, 0.6) is 11.5 Å². The molecule has 0 spiro atoms. The van der Waals surface area contributed by atoms with Gasteiger partial charge in [0.15, 0.2) is 11.5 Å². The third-order valence-corrected chi connectivity index (χ3v) is 4.11. The molecule has 1 N–H and O–H groups in total. The van der Waals surface area contributed by atoms with Crippen molar-refractivity contribution in [1.82, 2.24) is 4.90 Å². The Balaban J connectivity index is 1.86. The zero-order valence-electron chi connectivity index (χ0n) is 11.2. The fraction of sp³-hybridized carbons (Fsp3) is 0.571. The third-order valence-electron chi connectivity index (χ3n) is 3.37. The lowest BCUT2D eigenvalue weighted by Gasteiger charge is -2.26. The summed E-state index contributed by atoms with van der Waals surface area (Å²) in [7, 11) is 1.56. The van der Waals surface area contributed by atoms with Gasteiger partial charge in [0, 0.05) is 17.6 Å². The summed E-state index contributed by atoms with van der Waals surface area (Å²) in [5.74, 6) is 0.705. The van der Waals surface area contributed by atoms with Crippen LogP contribution in [0.4, 0.5) is 0 Å². The van der Waals surface area contributed by atoms with Crippen LogP contribution in [0.1, 0.15) is 12.0 Å². The molecule has 0 unspecified atom stereocenters. The van der Waals surface area contributed by atoms with Crippen LogP contribution in [0, 0.1) is 0 Å². The highest BCUT2D eigenvalue weighted by Gasteiger charge is 2.11. The van der Waals surface area contributed by atoms with Gasteiger partial charge in [0.2, 0.25) is 0 Å². The first-order chi connectivity index (χ1) is 9.20. The van der Waals surface area contributed by atoms with Crippen LogP contribution in [-0.2, 0) is 11.2 Å². The standard InChI is InChI=1S/C14H20BrNO3/c1-18-14-10-12(15)11(9-13(14)17)3-2-4-16-5-7-19-8-6-16/h9-10,17H,2-8H2,1H3. The number of halogens is 1. The Morgan fingerprint density at radius 1 is 1.37 bits per heavy atom. The molecule has 0 saturated carbocycles. The monoisotopic (exact) mass is 329 g/mol. The summed E-state index contributed by atoms with van der Waals surface area (Å²) < 4.78 is 11.4. The molecule has 0 aliphatic carbocycles. The van der Waals surface area contributed by atoms with Crippen LogP contribution >= 0.6 is 15.9 Å². The van der Waals surface area contributed by atoms with Crippen molar-refractivity contribution in [2.75, 3.05) is 40.0 Å². The number of morpholine rings is 1. The first-order valence-electron chi connectivity index (χ1n) is 6.56. The maximum absolute atomic E-state index is 9.79. The minimum absolute atomic E-state index is 0.201. The highest BCUT2D eigenvalue weighted by molar-refractivity contribution is 9.10. The summed E-state index contributed by atoms with van der Waals surface area (Å²) in [6.45, 7) is 4.80. The second-order valence-electron chi connectivity index (χ2n) is 4.67. The van der Waals surface area contributed by atoms with E-state index in [2.05, 4.69) is 20.8 Å². The summed E-state index contributed by atoms with van der Waals surface area (Å²) in [6.07, 6.45) is 2.01. The first kappa shape index (κ1) is 14.6. The number of hydrogen-bond donors (Lipinski definition) is 1. The van der Waals surface area contributed by atoms with Crippen LogP contribution < -0.4 is 4.74 Å². The van der Waals surface area contributed by atoms with E-state index in [0.717, 1.165) is 55.7 Å². The number of rotatable bonds is 5. The molecule has 0 bridgehead atoms. The van der Waals surface area contributed by atoms with Gasteiger partial charge in [0.25, 0.3) is 0 Å². The molecule has 1 saturated heterocycles. The molecule has 0 atom stereocenters. The average Bonchev–Trinajstić information content (AvgIpc) is 2.43. The quantitative estimate of drug-likeness (QED) is 0.900. The minimum Gasteiger partial charge on any atom is -0.504 e. The van der Waals surface area contributed by atoms with Gasteiger partial charge in [-0.05, 0) is 37.1 Å². The van der Waals surface area contributed by atoms with Crippen LogP contribution in [-0.4, -0.2) is 50.0 Å². The Morgan fingerprint density at radius 2 is 2.11 bits per heavy atom. The SMILES string of the molecule is COc1cc(Br)c(CCCN2CCOCC2)cc1O. The lowest BCUT2D eigenvalue weighted by Crippen LogP contribution is -2.36. The molecule has 5 heteroatoms. The van der Waals surface area contributed by atoms with E-state index in [1.54, 1.807) is 13.2 Å². The molecule has 1 heterocycles. The topological polar surface area (TPSA) is 41.9 Å². The number of hydrogen-bond acceptors (Lipinski definition) is 4. The van der Waals surface area contributed by atoms with Crippen molar-refractivity contribution in [2.24, 2.45) is 0 Å². The van der Waals surface area contributed by atoms with Gasteiger partial charge >= 0.3 is 0 Å². The lowest BCUT2D eigenvalue weighted by molar-refractivity contribution is 0.0374. The zero-order chi connectivity index (χ0) is 13.7. The van der Waals surface area contributed by atoms with Gasteiger partial charge in [-0.1, -0.05) is 15.9 Å². The number of benzene rings is 1. The summed E-state index contributed by atoms with van der Waals surface area (Å²) >= 11 is 3.52. The van der Waals surface area contributed by atoms with Gasteiger partial charge in [0.05, 0.1) is 20.3 Å². The zero-order valence-corrected chi connectivity index (χ0v) is 12.8. The molecule has 19 heavy (non-hydrogen) atoms. The molecule has 0 amide bonds. The Labute approximate surface area is 122 Å². The Morgan fingerprint density at radius 3 is 2.79 bits per heavy atom. The van der Waals surface area contributed by atoms with Crippen LogP contribution in [0.15, 0.2) is 16.6 Å². The minimum atomic E-state index is 0.201. The molecule has 106 valence electrons. The molecular weight excluding hydrogens is 310 g/mol. The second kappa shape index (κ2) is 7.12. The van der Waals surface area contributed by atoms with E-state index >= 15 is 0 Å². The van der Waals surface area contributed by atoms with E-state index in [9.17, 15) is 5.11 Å². The van der Waals surface area contributed by atoms with E-state index in [0.29, 0.717) is 5.75 Å². The number of ether oxygens (including phenoxy) is 2. The number of nitrogens with zero attached hydrogens (tertiary/aromatic N) is 1. The second-order valence-corrected chi connectivity index (χ2v) is 5.53. The highest BCUT2D eigenvalue weighted by atomic mass is 79.9. The molecule has 1 fully saturated rings. The third kappa shape index (κ3) is 4.09. The van der Waals surface area contributed by atoms with Gasteiger partial charge in [0.1, 0.15) is 0 Å². The smallest absolute Gasteiger partial charge is 0.161 e. The highest BCUT2D eigenvalue weighted by Crippen LogP contribution is 2.32. The number of methoxy groups -OCH3 is 1. The van der Waals surface area contributed by atoms with Gasteiger partial charge in [-0.3, -0.25) is 4.90 Å². The predicted molar refractivity (Wildman–Crippen MR) is 77.9 cm³/mol. The summed E-state index contributed by atoms with van der Waals surface area (Å²) in [5, 5.41) is 9.79. The average molecular weight is 330 g/mol. The molecule has 1 aliphatic rings. The van der Waals surface area contributed by atoms with Crippen molar-refractivity contribution in [1.29, 1.82) is 0 Å². The maximum atomic E-state index is 9.79. The van der Waals surface area contributed by atoms with Gasteiger partial charge in [-0.15, -0.1) is 0 Å². The molecule has 1 aromatic rings. The number of aryl methyl sites for hydroxylation is 1. The molecule has 2 rings (SSSR count). The van der Waals surface area contributed by atoms with E-state index in [4.69, 9.17) is 9.47 Å². The van der Waals surface area contributed by atoms with Crippen molar-refractivity contribution in [3.63, 3.8) is 0 Å². The van der Waals surface area contributed by atoms with Crippen LogP contribution in [0.25, 0.3) is 0 Å². The van der Waals surface area contributed by atoms with E-state index in [1.165, 1.54) is 0 Å². The molecule has 4 nitrogen and oxygen atoms in total. The fourth-order valence-corrected chi connectivity index (χ4v) is 2.78. The largest absolute Gasteiger partial charge is 0.504 e. The Hall–Kier alpha value is -0.780. The number of phenolic OH excluding ortho intramolecular Hbond substituents is 1. The fourth-order valence-electron chi connectivity index (χ4n) is 2.26. The molecule has 0 aromatic heterocycles. The van der Waals surface area contributed by atoms with E-state index in [-0.39, 0.29) is 5.75 Å². The first-order valence-corrected chi connectivity index (χ1v) is 7.35. The van der Waals surface area contributed by atoms with Crippen molar-refractivity contribution in [3.05, 3.63) is 22.2 Å². The van der Waals surface area contributed by atoms with Crippen LogP contribution in [0.2, 0.25) is 0 Å². The normalized spacial score (nSPS) is 16.5. The lowest BCUT2D eigenvalue weighted by atomic mass is 10.1. The summed E-state index contributed by atoms with van der Waals surface area (Å²) in [5.41, 5.74) is 1.12. The van der Waals surface area contributed by atoms with Crippen LogP contribution in [0.3, 0.4) is 0 Å². The Kier molecular flexibility index (Phi) is 5.48.